The van der Waals surface area contributed by atoms with E-state index in [0.29, 0.717) is 17.7 Å². The van der Waals surface area contributed by atoms with Crippen LogP contribution in [-0.4, -0.2) is 29.6 Å². The van der Waals surface area contributed by atoms with Crippen LogP contribution < -0.4 is 0 Å². The largest absolute Gasteiger partial charge is 0.406 e. The van der Waals surface area contributed by atoms with Crippen LogP contribution in [0.4, 0.5) is 22.0 Å². The lowest BCUT2D eigenvalue weighted by Crippen LogP contribution is -2.40. The Morgan fingerprint density at radius 1 is 1.26 bits per heavy atom. The number of amides is 1. The van der Waals surface area contributed by atoms with Crippen LogP contribution in [0.5, 0.6) is 0 Å². The van der Waals surface area contributed by atoms with Crippen molar-refractivity contribution < 1.29 is 26.7 Å². The number of halogens is 5. The van der Waals surface area contributed by atoms with Crippen LogP contribution in [0.15, 0.2) is 18.2 Å². The molecule has 1 aromatic rings. The fourth-order valence-corrected chi connectivity index (χ4v) is 1.77. The van der Waals surface area contributed by atoms with Gasteiger partial charge in [0.15, 0.2) is 11.6 Å². The summed E-state index contributed by atoms with van der Waals surface area (Å²) in [5.41, 5.74) is -0.670. The van der Waals surface area contributed by atoms with E-state index in [1.165, 1.54) is 0 Å². The molecule has 0 aromatic heterocycles. The Labute approximate surface area is 105 Å². The van der Waals surface area contributed by atoms with Gasteiger partial charge in [-0.3, -0.25) is 4.79 Å². The van der Waals surface area contributed by atoms with Crippen LogP contribution >= 0.6 is 0 Å². The maximum atomic E-state index is 13.4. The third-order valence-corrected chi connectivity index (χ3v) is 2.78. The molecule has 1 aliphatic carbocycles. The number of rotatable bonds is 3. The molecule has 1 aliphatic rings. The van der Waals surface area contributed by atoms with Crippen molar-refractivity contribution in [2.75, 3.05) is 6.54 Å². The van der Waals surface area contributed by atoms with Crippen LogP contribution in [0.1, 0.15) is 23.2 Å². The lowest BCUT2D eigenvalue weighted by Gasteiger charge is -2.24. The molecule has 1 fully saturated rings. The van der Waals surface area contributed by atoms with E-state index in [0.717, 1.165) is 18.2 Å². The Kier molecular flexibility index (Phi) is 3.47. The van der Waals surface area contributed by atoms with Gasteiger partial charge in [0, 0.05) is 6.04 Å². The van der Waals surface area contributed by atoms with Crippen molar-refractivity contribution in [3.8, 4) is 0 Å². The predicted octanol–water partition coefficient (Wildman–Crippen LogP) is 3.13. The van der Waals surface area contributed by atoms with Gasteiger partial charge in [-0.1, -0.05) is 6.07 Å². The molecule has 0 heterocycles. The SMILES string of the molecule is O=C(c1cccc(F)c1F)N(CC(F)(F)F)C1CC1. The first-order chi connectivity index (χ1) is 8.79. The normalized spacial score (nSPS) is 15.4. The Morgan fingerprint density at radius 2 is 1.89 bits per heavy atom. The third-order valence-electron chi connectivity index (χ3n) is 2.78. The summed E-state index contributed by atoms with van der Waals surface area (Å²) in [6, 6.07) is 2.32. The maximum absolute atomic E-state index is 13.4. The summed E-state index contributed by atoms with van der Waals surface area (Å²) in [5.74, 6) is -3.80. The summed E-state index contributed by atoms with van der Waals surface area (Å²) in [6.45, 7) is -1.45. The van der Waals surface area contributed by atoms with Crippen molar-refractivity contribution in [3.05, 3.63) is 35.4 Å². The Balaban J connectivity index is 2.27. The number of alkyl halides is 3. The number of carbonyl (C=O) groups excluding carboxylic acids is 1. The molecule has 0 aliphatic heterocycles. The monoisotopic (exact) mass is 279 g/mol. The summed E-state index contributed by atoms with van der Waals surface area (Å²) < 4.78 is 63.6. The van der Waals surface area contributed by atoms with Gasteiger partial charge in [0.25, 0.3) is 5.91 Å². The molecule has 1 saturated carbocycles. The molecule has 0 saturated heterocycles. The first-order valence-electron chi connectivity index (χ1n) is 5.61. The van der Waals surface area contributed by atoms with Gasteiger partial charge in [-0.25, -0.2) is 8.78 Å². The van der Waals surface area contributed by atoms with Gasteiger partial charge in [-0.15, -0.1) is 0 Å². The molecule has 1 amide bonds. The Hall–Kier alpha value is -1.66. The van der Waals surface area contributed by atoms with Gasteiger partial charge in [-0.05, 0) is 25.0 Å². The zero-order valence-electron chi connectivity index (χ0n) is 9.68. The predicted molar refractivity (Wildman–Crippen MR) is 56.5 cm³/mol. The van der Waals surface area contributed by atoms with E-state index in [1.807, 2.05) is 0 Å². The average molecular weight is 279 g/mol. The molecule has 7 heteroatoms. The Bertz CT molecular complexity index is 495. The van der Waals surface area contributed by atoms with Gasteiger partial charge in [0.2, 0.25) is 0 Å². The van der Waals surface area contributed by atoms with Crippen molar-refractivity contribution in [1.82, 2.24) is 4.90 Å². The van der Waals surface area contributed by atoms with E-state index in [4.69, 9.17) is 0 Å². The van der Waals surface area contributed by atoms with Crippen molar-refractivity contribution in [1.29, 1.82) is 0 Å². The molecule has 0 bridgehead atoms. The zero-order valence-corrected chi connectivity index (χ0v) is 9.68. The number of hydrogen-bond acceptors (Lipinski definition) is 1. The van der Waals surface area contributed by atoms with Gasteiger partial charge in [-0.2, -0.15) is 13.2 Å². The van der Waals surface area contributed by atoms with Crippen molar-refractivity contribution in [3.63, 3.8) is 0 Å². The smallest absolute Gasteiger partial charge is 0.326 e. The quantitative estimate of drug-likeness (QED) is 0.778. The molecule has 0 N–H and O–H groups in total. The molecule has 1 aromatic carbocycles. The van der Waals surface area contributed by atoms with Crippen LogP contribution in [0.25, 0.3) is 0 Å². The van der Waals surface area contributed by atoms with E-state index in [-0.39, 0.29) is 0 Å². The molecular weight excluding hydrogens is 269 g/mol. The number of hydrogen-bond donors (Lipinski definition) is 0. The van der Waals surface area contributed by atoms with E-state index < -0.39 is 41.9 Å². The van der Waals surface area contributed by atoms with Crippen molar-refractivity contribution in [2.45, 2.75) is 25.1 Å². The fraction of sp³-hybridized carbons (Fsp3) is 0.417. The minimum absolute atomic E-state index is 0.443. The molecule has 2 rings (SSSR count). The first kappa shape index (κ1) is 13.8. The van der Waals surface area contributed by atoms with Crippen molar-refractivity contribution >= 4 is 5.91 Å². The second-order valence-corrected chi connectivity index (χ2v) is 4.38. The highest BCUT2D eigenvalue weighted by molar-refractivity contribution is 5.95. The third kappa shape index (κ3) is 3.21. The lowest BCUT2D eigenvalue weighted by molar-refractivity contribution is -0.141. The van der Waals surface area contributed by atoms with Gasteiger partial charge in [0.05, 0.1) is 5.56 Å². The lowest BCUT2D eigenvalue weighted by atomic mass is 10.1. The van der Waals surface area contributed by atoms with Crippen LogP contribution in [0, 0.1) is 11.6 Å². The highest BCUT2D eigenvalue weighted by Gasteiger charge is 2.41. The topological polar surface area (TPSA) is 20.3 Å². The summed E-state index contributed by atoms with van der Waals surface area (Å²) >= 11 is 0. The summed E-state index contributed by atoms with van der Waals surface area (Å²) in [4.78, 5) is 12.4. The van der Waals surface area contributed by atoms with Crippen LogP contribution in [0.3, 0.4) is 0 Å². The highest BCUT2D eigenvalue weighted by atomic mass is 19.4. The minimum atomic E-state index is -4.57. The molecule has 0 atom stereocenters. The molecule has 0 radical (unpaired) electrons. The fourth-order valence-electron chi connectivity index (χ4n) is 1.77. The zero-order chi connectivity index (χ0) is 14.2. The van der Waals surface area contributed by atoms with Crippen LogP contribution in [-0.2, 0) is 0 Å². The highest BCUT2D eigenvalue weighted by Crippen LogP contribution is 2.31. The molecule has 104 valence electrons. The molecule has 0 spiro atoms. The average Bonchev–Trinajstić information content (AvgIpc) is 3.12. The van der Waals surface area contributed by atoms with Gasteiger partial charge >= 0.3 is 6.18 Å². The second kappa shape index (κ2) is 4.79. The maximum Gasteiger partial charge on any atom is 0.406 e. The van der Waals surface area contributed by atoms with Crippen LogP contribution in [0.2, 0.25) is 0 Å². The van der Waals surface area contributed by atoms with E-state index in [1.54, 1.807) is 0 Å². The standard InChI is InChI=1S/C12H10F5NO/c13-9-3-1-2-8(10(9)14)11(19)18(7-4-5-7)6-12(15,16)17/h1-3,7H,4-6H2. The van der Waals surface area contributed by atoms with Gasteiger partial charge in [0.1, 0.15) is 6.54 Å². The molecular formula is C12H10F5NO. The van der Waals surface area contributed by atoms with E-state index >= 15 is 0 Å². The molecule has 0 unspecified atom stereocenters. The second-order valence-electron chi connectivity index (χ2n) is 4.38. The van der Waals surface area contributed by atoms with E-state index in [9.17, 15) is 26.7 Å². The molecule has 2 nitrogen and oxygen atoms in total. The summed E-state index contributed by atoms with van der Waals surface area (Å²) in [5, 5.41) is 0. The number of carbonyl (C=O) groups is 1. The summed E-state index contributed by atoms with van der Waals surface area (Å²) in [6.07, 6.45) is -3.68. The number of benzene rings is 1. The minimum Gasteiger partial charge on any atom is -0.326 e. The van der Waals surface area contributed by atoms with Crippen molar-refractivity contribution in [2.24, 2.45) is 0 Å². The Morgan fingerprint density at radius 3 is 2.42 bits per heavy atom. The van der Waals surface area contributed by atoms with E-state index in [2.05, 4.69) is 0 Å². The molecule has 19 heavy (non-hydrogen) atoms. The first-order valence-corrected chi connectivity index (χ1v) is 5.61. The van der Waals surface area contributed by atoms with Gasteiger partial charge < -0.3 is 4.90 Å². The number of nitrogens with zero attached hydrogens (tertiary/aromatic N) is 1. The summed E-state index contributed by atoms with van der Waals surface area (Å²) in [7, 11) is 0.